The van der Waals surface area contributed by atoms with Gasteiger partial charge in [0.05, 0.1) is 19.6 Å². The molecule has 0 radical (unpaired) electrons. The van der Waals surface area contributed by atoms with Gasteiger partial charge < -0.3 is 82.1 Å². The number of hydrogen-bond donors (Lipinski definition) is 13. The largest absolute Gasteiger partial charge is 0.463 e. The molecule has 4 unspecified atom stereocenters. The summed E-state index contributed by atoms with van der Waals surface area (Å²) in [6, 6.07) is 1.69. The quantitative estimate of drug-likeness (QED) is 0.0551. The number of rotatable bonds is 20. The lowest BCUT2D eigenvalue weighted by Crippen LogP contribution is -2.62. The molecule has 1 saturated heterocycles. The highest BCUT2D eigenvalue weighted by Gasteiger charge is 2.47. The first-order chi connectivity index (χ1) is 24.4. The second kappa shape index (κ2) is 20.6. The number of nitrogens with two attached hydrogens (primary N) is 1. The molecule has 12 atom stereocenters. The lowest BCUT2D eigenvalue weighted by molar-refractivity contribution is -0.326. The number of benzene rings is 1. The molecular formula is C30H45N5O17. The second-order valence-electron chi connectivity index (χ2n) is 11.8. The first-order valence-corrected chi connectivity index (χ1v) is 15.7. The van der Waals surface area contributed by atoms with Gasteiger partial charge in [-0.25, -0.2) is 0 Å². The van der Waals surface area contributed by atoms with Crippen LogP contribution in [0.15, 0.2) is 24.3 Å². The molecule has 22 nitrogen and oxygen atoms in total. The summed E-state index contributed by atoms with van der Waals surface area (Å²) in [7, 11) is 0. The van der Waals surface area contributed by atoms with E-state index in [0.29, 0.717) is 5.56 Å². The predicted molar refractivity (Wildman–Crippen MR) is 171 cm³/mol. The third kappa shape index (κ3) is 12.4. The number of carbonyl (C=O) groups is 6. The highest BCUT2D eigenvalue weighted by atomic mass is 16.7. The van der Waals surface area contributed by atoms with Crippen molar-refractivity contribution in [3.63, 3.8) is 0 Å². The number of carbonyl (C=O) groups excluding carboxylic acids is 6. The van der Waals surface area contributed by atoms with E-state index in [0.717, 1.165) is 6.92 Å². The molecule has 22 heteroatoms. The van der Waals surface area contributed by atoms with Crippen molar-refractivity contribution in [2.45, 2.75) is 100 Å². The summed E-state index contributed by atoms with van der Waals surface area (Å²) in [6.45, 7) is 0.625. The van der Waals surface area contributed by atoms with Gasteiger partial charge in [0, 0.05) is 5.69 Å². The normalized spacial score (nSPS) is 24.1. The van der Waals surface area contributed by atoms with Crippen molar-refractivity contribution in [1.29, 1.82) is 0 Å². The molecule has 1 heterocycles. The van der Waals surface area contributed by atoms with Crippen LogP contribution in [0.5, 0.6) is 0 Å². The standard InChI is InChI=1S/C30H45N5O17/c1-12(33-29(49)23(44)22(43)25(17(39)8-36)52-30-24(45)21(42)20(41)18(9-37)51-30)26(46)32-13(2)27(47)35-16(7-19(31)40)28(48)34-15-5-3-14(4-6-15)10-50-11-38/h3-6,11-13,16-18,20-25,30,36-37,39,41-45H,7-10H2,1-2H3,(H2,31,40)(H,32,46)(H,33,49)(H,34,48)(H,35,47)/t12?,13?,16?,17-,18-,20+,21+,22+,23-,24-,25?,30+/m1/s1. The maximum atomic E-state index is 12.9. The van der Waals surface area contributed by atoms with Crippen LogP contribution in [0, 0.1) is 0 Å². The van der Waals surface area contributed by atoms with Crippen molar-refractivity contribution >= 4 is 41.7 Å². The molecule has 52 heavy (non-hydrogen) atoms. The molecule has 1 aromatic rings. The van der Waals surface area contributed by atoms with E-state index < -0.39 is 122 Å². The fraction of sp³-hybridized carbons (Fsp3) is 0.600. The molecule has 0 saturated carbocycles. The second-order valence-corrected chi connectivity index (χ2v) is 11.8. The van der Waals surface area contributed by atoms with Gasteiger partial charge in [-0.3, -0.25) is 28.8 Å². The number of hydrogen-bond acceptors (Lipinski definition) is 17. The van der Waals surface area contributed by atoms with Crippen molar-refractivity contribution < 1.29 is 83.8 Å². The van der Waals surface area contributed by atoms with Crippen LogP contribution in [0.3, 0.4) is 0 Å². The van der Waals surface area contributed by atoms with Crippen LogP contribution in [-0.4, -0.2) is 163 Å². The summed E-state index contributed by atoms with van der Waals surface area (Å²) < 4.78 is 15.0. The predicted octanol–water partition coefficient (Wildman–Crippen LogP) is -7.07. The summed E-state index contributed by atoms with van der Waals surface area (Å²) in [5.41, 5.74) is 6.11. The Hall–Kier alpha value is -4.36. The van der Waals surface area contributed by atoms with Crippen LogP contribution in [-0.2, 0) is 49.6 Å². The zero-order valence-electron chi connectivity index (χ0n) is 28.0. The van der Waals surface area contributed by atoms with E-state index in [1.807, 2.05) is 0 Å². The zero-order chi connectivity index (χ0) is 39.3. The molecular weight excluding hydrogens is 702 g/mol. The van der Waals surface area contributed by atoms with E-state index in [1.165, 1.54) is 19.1 Å². The highest BCUT2D eigenvalue weighted by Crippen LogP contribution is 2.25. The molecule has 1 aliphatic heterocycles. The maximum absolute atomic E-state index is 12.9. The Bertz CT molecular complexity index is 1370. The van der Waals surface area contributed by atoms with Crippen molar-refractivity contribution in [3.05, 3.63) is 29.8 Å². The molecule has 0 aliphatic carbocycles. The van der Waals surface area contributed by atoms with Gasteiger partial charge in [-0.05, 0) is 31.5 Å². The average Bonchev–Trinajstić information content (AvgIpc) is 3.11. The fourth-order valence-electron chi connectivity index (χ4n) is 4.69. The Balaban J connectivity index is 2.01. The fourth-order valence-corrected chi connectivity index (χ4v) is 4.69. The first-order valence-electron chi connectivity index (χ1n) is 15.7. The molecule has 0 aromatic heterocycles. The average molecular weight is 748 g/mol. The number of anilines is 1. The minimum Gasteiger partial charge on any atom is -0.463 e. The highest BCUT2D eigenvalue weighted by molar-refractivity contribution is 6.00. The number of aliphatic hydroxyl groups excluding tert-OH is 8. The summed E-state index contributed by atoms with van der Waals surface area (Å²) in [6.07, 6.45) is -18.7. The molecule has 0 bridgehead atoms. The minimum atomic E-state index is -2.47. The van der Waals surface area contributed by atoms with Gasteiger partial charge in [0.2, 0.25) is 23.6 Å². The molecule has 292 valence electrons. The molecule has 1 aliphatic rings. The molecule has 1 aromatic carbocycles. The molecule has 5 amide bonds. The Morgan fingerprint density at radius 1 is 0.865 bits per heavy atom. The van der Waals surface area contributed by atoms with E-state index >= 15 is 0 Å². The topological polar surface area (TPSA) is 366 Å². The zero-order valence-corrected chi connectivity index (χ0v) is 28.0. The Morgan fingerprint density at radius 2 is 1.44 bits per heavy atom. The van der Waals surface area contributed by atoms with Crippen molar-refractivity contribution in [3.8, 4) is 0 Å². The van der Waals surface area contributed by atoms with Crippen LogP contribution >= 0.6 is 0 Å². The number of amides is 5. The Labute approximate surface area is 295 Å². The van der Waals surface area contributed by atoms with Crippen LogP contribution in [0.25, 0.3) is 0 Å². The third-order valence-corrected chi connectivity index (χ3v) is 7.72. The first kappa shape index (κ1) is 43.8. The molecule has 14 N–H and O–H groups in total. The van der Waals surface area contributed by atoms with Crippen molar-refractivity contribution in [2.24, 2.45) is 5.73 Å². The lowest BCUT2D eigenvalue weighted by Gasteiger charge is -2.42. The summed E-state index contributed by atoms with van der Waals surface area (Å²) in [5, 5.41) is 89.4. The molecule has 0 spiro atoms. The maximum Gasteiger partial charge on any atom is 0.293 e. The summed E-state index contributed by atoms with van der Waals surface area (Å²) in [4.78, 5) is 73.2. The summed E-state index contributed by atoms with van der Waals surface area (Å²) in [5.74, 6) is -5.14. The monoisotopic (exact) mass is 747 g/mol. The van der Waals surface area contributed by atoms with Crippen molar-refractivity contribution in [2.75, 3.05) is 18.5 Å². The van der Waals surface area contributed by atoms with Gasteiger partial charge in [-0.2, -0.15) is 0 Å². The van der Waals surface area contributed by atoms with E-state index in [1.54, 1.807) is 12.1 Å². The number of primary amides is 1. The number of aliphatic hydroxyl groups is 8. The molecule has 1 fully saturated rings. The summed E-state index contributed by atoms with van der Waals surface area (Å²) >= 11 is 0. The number of ether oxygens (including phenoxy) is 3. The minimum absolute atomic E-state index is 0.00869. The van der Waals surface area contributed by atoms with E-state index in [9.17, 15) is 69.6 Å². The van der Waals surface area contributed by atoms with Crippen LogP contribution in [0.4, 0.5) is 5.69 Å². The van der Waals surface area contributed by atoms with E-state index in [2.05, 4.69) is 26.0 Å². The third-order valence-electron chi connectivity index (χ3n) is 7.72. The van der Waals surface area contributed by atoms with Gasteiger partial charge in [-0.15, -0.1) is 0 Å². The Kier molecular flexibility index (Phi) is 17.4. The molecule has 2 rings (SSSR count). The van der Waals surface area contributed by atoms with Crippen LogP contribution in [0.2, 0.25) is 0 Å². The van der Waals surface area contributed by atoms with E-state index in [-0.39, 0.29) is 18.8 Å². The number of nitrogens with one attached hydrogen (secondary N) is 4. The SMILES string of the molecule is CC(NC(=O)C(C)NC(=O)[C@H](O)[C@H](O)C(O[C@@H]1O[C@H](CO)[C@H](O)[C@H](O)[C@H]1O)[C@H](O)CO)C(=O)NC(CC(N)=O)C(=O)Nc1ccc(COC=O)cc1. The smallest absolute Gasteiger partial charge is 0.293 e. The van der Waals surface area contributed by atoms with Gasteiger partial charge in [0.15, 0.2) is 12.4 Å². The van der Waals surface area contributed by atoms with Crippen LogP contribution in [0.1, 0.15) is 25.8 Å². The van der Waals surface area contributed by atoms with Gasteiger partial charge in [0.25, 0.3) is 12.4 Å². The van der Waals surface area contributed by atoms with Gasteiger partial charge >= 0.3 is 0 Å². The Morgan fingerprint density at radius 3 is 1.98 bits per heavy atom. The lowest BCUT2D eigenvalue weighted by atomic mass is 9.98. The van der Waals surface area contributed by atoms with Gasteiger partial charge in [-0.1, -0.05) is 12.1 Å². The van der Waals surface area contributed by atoms with E-state index in [4.69, 9.17) is 15.2 Å². The van der Waals surface area contributed by atoms with Crippen LogP contribution < -0.4 is 27.0 Å². The van der Waals surface area contributed by atoms with Gasteiger partial charge in [0.1, 0.15) is 67.5 Å². The van der Waals surface area contributed by atoms with Crippen molar-refractivity contribution in [1.82, 2.24) is 16.0 Å².